The Kier molecular flexibility index (Phi) is 9.48. The van der Waals surface area contributed by atoms with Gasteiger partial charge in [-0.1, -0.05) is 6.92 Å². The molecule has 0 radical (unpaired) electrons. The van der Waals surface area contributed by atoms with Crippen molar-refractivity contribution in [3.05, 3.63) is 24.4 Å². The molecular weight excluding hydrogens is 599 g/mol. The van der Waals surface area contributed by atoms with Crippen LogP contribution in [-0.4, -0.2) is 72.8 Å². The first-order chi connectivity index (χ1) is 19.4. The molecule has 42 heavy (non-hydrogen) atoms. The predicted molar refractivity (Wildman–Crippen MR) is 136 cm³/mol. The van der Waals surface area contributed by atoms with Crippen molar-refractivity contribution in [2.45, 2.75) is 69.9 Å². The SMILES string of the molecule is CCn1cc(S(=O)(=O)N2C[C@H](C[C@@H](C)C(=O)O)Oc3ccc(NC(=O)OC(C)(C)C(F)(F)F)cc32)c(OCC(F)F)n1. The molecule has 0 aliphatic carbocycles. The first-order valence-corrected chi connectivity index (χ1v) is 13.9. The van der Waals surface area contributed by atoms with Crippen molar-refractivity contribution in [1.29, 1.82) is 0 Å². The second-order valence-electron chi connectivity index (χ2n) is 9.81. The molecule has 234 valence electrons. The van der Waals surface area contributed by atoms with Gasteiger partial charge >= 0.3 is 18.2 Å². The Balaban J connectivity index is 2.04. The monoisotopic (exact) mass is 628 g/mol. The average molecular weight is 629 g/mol. The number of carboxylic acids is 1. The highest BCUT2D eigenvalue weighted by Gasteiger charge is 2.51. The number of halogens is 5. The number of aryl methyl sites for hydroxylation is 1. The third-order valence-electron chi connectivity index (χ3n) is 6.14. The fourth-order valence-corrected chi connectivity index (χ4v) is 5.33. The number of nitrogens with one attached hydrogen (secondary N) is 1. The topological polar surface area (TPSA) is 149 Å². The molecule has 0 unspecified atom stereocenters. The van der Waals surface area contributed by atoms with Gasteiger partial charge in [0.05, 0.1) is 18.2 Å². The second-order valence-corrected chi connectivity index (χ2v) is 11.6. The summed E-state index contributed by atoms with van der Waals surface area (Å²) in [7, 11) is -4.67. The maximum atomic E-state index is 13.9. The van der Waals surface area contributed by atoms with Crippen LogP contribution in [0.5, 0.6) is 11.6 Å². The molecule has 2 atom stereocenters. The van der Waals surface area contributed by atoms with Gasteiger partial charge < -0.3 is 19.3 Å². The summed E-state index contributed by atoms with van der Waals surface area (Å²) in [6, 6.07) is 3.53. The number of carbonyl (C=O) groups excluding carboxylic acids is 1. The molecule has 3 rings (SSSR count). The zero-order chi connectivity index (χ0) is 31.6. The van der Waals surface area contributed by atoms with E-state index in [-0.39, 0.29) is 30.1 Å². The zero-order valence-corrected chi connectivity index (χ0v) is 23.6. The number of rotatable bonds is 11. The quantitative estimate of drug-likeness (QED) is 0.343. The molecule has 1 aromatic carbocycles. The third-order valence-corrected chi connectivity index (χ3v) is 7.90. The molecule has 2 heterocycles. The number of sulfonamides is 1. The van der Waals surface area contributed by atoms with Crippen molar-refractivity contribution in [1.82, 2.24) is 9.78 Å². The summed E-state index contributed by atoms with van der Waals surface area (Å²) in [4.78, 5) is 23.1. The molecule has 2 N–H and O–H groups in total. The average Bonchev–Trinajstić information content (AvgIpc) is 3.30. The van der Waals surface area contributed by atoms with Crippen LogP contribution in [0.3, 0.4) is 0 Å². The van der Waals surface area contributed by atoms with Crippen LogP contribution in [0.1, 0.15) is 34.1 Å². The van der Waals surface area contributed by atoms with Crippen molar-refractivity contribution >= 4 is 33.5 Å². The van der Waals surface area contributed by atoms with Crippen LogP contribution in [0.2, 0.25) is 0 Å². The Labute approximate surface area is 237 Å². The highest BCUT2D eigenvalue weighted by Crippen LogP contribution is 2.41. The van der Waals surface area contributed by atoms with Gasteiger partial charge in [0.2, 0.25) is 5.60 Å². The summed E-state index contributed by atoms with van der Waals surface area (Å²) in [5.74, 6) is -2.78. The van der Waals surface area contributed by atoms with E-state index in [0.717, 1.165) is 21.3 Å². The van der Waals surface area contributed by atoms with Crippen molar-refractivity contribution in [3.8, 4) is 11.6 Å². The molecule has 0 fully saturated rings. The largest absolute Gasteiger partial charge is 0.486 e. The van der Waals surface area contributed by atoms with Gasteiger partial charge in [-0.15, -0.1) is 5.10 Å². The van der Waals surface area contributed by atoms with Gasteiger partial charge in [0, 0.05) is 18.4 Å². The number of aromatic nitrogens is 2. The molecule has 0 saturated heterocycles. The van der Waals surface area contributed by atoms with E-state index in [0.29, 0.717) is 13.8 Å². The molecule has 1 aromatic heterocycles. The van der Waals surface area contributed by atoms with Gasteiger partial charge in [-0.25, -0.2) is 22.0 Å². The minimum Gasteiger partial charge on any atom is -0.486 e. The molecule has 1 aliphatic heterocycles. The first kappa shape index (κ1) is 32.7. The van der Waals surface area contributed by atoms with Gasteiger partial charge in [0.25, 0.3) is 22.3 Å². The van der Waals surface area contributed by atoms with E-state index in [9.17, 15) is 45.1 Å². The fourth-order valence-electron chi connectivity index (χ4n) is 3.75. The molecule has 0 bridgehead atoms. The number of benzene rings is 1. The smallest absolute Gasteiger partial charge is 0.427 e. The Morgan fingerprint density at radius 3 is 2.50 bits per heavy atom. The number of alkyl halides is 5. The predicted octanol–water partition coefficient (Wildman–Crippen LogP) is 4.50. The zero-order valence-electron chi connectivity index (χ0n) is 22.8. The normalized spacial score (nSPS) is 16.4. The van der Waals surface area contributed by atoms with Gasteiger partial charge in [-0.2, -0.15) is 13.2 Å². The van der Waals surface area contributed by atoms with Crippen LogP contribution in [0.25, 0.3) is 0 Å². The second kappa shape index (κ2) is 12.2. The van der Waals surface area contributed by atoms with Gasteiger partial charge in [-0.3, -0.25) is 19.1 Å². The van der Waals surface area contributed by atoms with Crippen molar-refractivity contribution in [3.63, 3.8) is 0 Å². The fraction of sp³-hybridized carbons (Fsp3) is 0.542. The lowest BCUT2D eigenvalue weighted by molar-refractivity contribution is -0.242. The Bertz CT molecular complexity index is 1410. The number of ether oxygens (including phenoxy) is 3. The molecule has 2 aromatic rings. The van der Waals surface area contributed by atoms with E-state index >= 15 is 0 Å². The van der Waals surface area contributed by atoms with Gasteiger partial charge in [0.1, 0.15) is 11.9 Å². The summed E-state index contributed by atoms with van der Waals surface area (Å²) >= 11 is 0. The van der Waals surface area contributed by atoms with Crippen molar-refractivity contribution < 1.29 is 59.3 Å². The molecule has 0 spiro atoms. The number of fused-ring (bicyclic) bond motifs is 1. The minimum absolute atomic E-state index is 0.0696. The summed E-state index contributed by atoms with van der Waals surface area (Å²) in [6.07, 6.45) is -9.34. The molecule has 0 saturated carbocycles. The number of anilines is 2. The maximum absolute atomic E-state index is 13.9. The van der Waals surface area contributed by atoms with Crippen LogP contribution in [0.4, 0.5) is 38.1 Å². The maximum Gasteiger partial charge on any atom is 0.427 e. The third kappa shape index (κ3) is 7.32. The van der Waals surface area contributed by atoms with E-state index in [1.54, 1.807) is 6.92 Å². The summed E-state index contributed by atoms with van der Waals surface area (Å²) < 4.78 is 110. The number of carboxylic acid groups (broad SMARTS) is 1. The van der Waals surface area contributed by atoms with E-state index < -0.39 is 76.2 Å². The van der Waals surface area contributed by atoms with Crippen molar-refractivity contribution in [2.75, 3.05) is 22.8 Å². The number of amides is 1. The van der Waals surface area contributed by atoms with Crippen LogP contribution < -0.4 is 19.1 Å². The lowest BCUT2D eigenvalue weighted by Crippen LogP contribution is -2.45. The van der Waals surface area contributed by atoms with E-state index in [1.807, 2.05) is 0 Å². The van der Waals surface area contributed by atoms with Crippen LogP contribution in [0, 0.1) is 5.92 Å². The molecule has 1 amide bonds. The number of hydrogen-bond acceptors (Lipinski definition) is 8. The molecule has 12 nitrogen and oxygen atoms in total. The Hall–Kier alpha value is -3.83. The highest BCUT2D eigenvalue weighted by molar-refractivity contribution is 7.93. The molecule has 18 heteroatoms. The lowest BCUT2D eigenvalue weighted by atomic mass is 10.0. The van der Waals surface area contributed by atoms with Crippen molar-refractivity contribution in [2.24, 2.45) is 5.92 Å². The number of carbonyl (C=O) groups is 2. The highest BCUT2D eigenvalue weighted by atomic mass is 32.2. The number of hydrogen-bond donors (Lipinski definition) is 2. The Morgan fingerprint density at radius 1 is 1.26 bits per heavy atom. The van der Waals surface area contributed by atoms with Crippen LogP contribution in [-0.2, 0) is 26.1 Å². The van der Waals surface area contributed by atoms with E-state index in [1.165, 1.54) is 19.1 Å². The van der Waals surface area contributed by atoms with Crippen LogP contribution in [0.15, 0.2) is 29.3 Å². The van der Waals surface area contributed by atoms with E-state index in [2.05, 4.69) is 15.2 Å². The minimum atomic E-state index is -4.88. The lowest BCUT2D eigenvalue weighted by Gasteiger charge is -2.36. The van der Waals surface area contributed by atoms with Gasteiger partial charge in [0.15, 0.2) is 11.5 Å². The summed E-state index contributed by atoms with van der Waals surface area (Å²) in [5.41, 5.74) is -3.20. The molecular formula is C24H29F5N4O8S. The first-order valence-electron chi connectivity index (χ1n) is 12.5. The van der Waals surface area contributed by atoms with Crippen LogP contribution >= 0.6 is 0 Å². The number of aliphatic carboxylic acids is 1. The van der Waals surface area contributed by atoms with E-state index in [4.69, 9.17) is 9.47 Å². The van der Waals surface area contributed by atoms with Gasteiger partial charge in [-0.05, 0) is 45.4 Å². The summed E-state index contributed by atoms with van der Waals surface area (Å²) in [6.45, 7) is 2.85. The Morgan fingerprint density at radius 2 is 1.93 bits per heavy atom. The number of nitrogens with zero attached hydrogens (tertiary/aromatic N) is 3. The standard InChI is InChI=1S/C24H29F5N4O8S/c1-5-32-11-18(20(31-32)39-12-19(25)26)42(37,38)33-10-15(8-13(2)21(34)35)40-17-7-6-14(9-16(17)33)30-22(36)41-23(3,4)24(27,28)29/h6-7,9,11,13,15,19H,5,8,10,12H2,1-4H3,(H,30,36)(H,34,35)/t13-,15+/m1/s1. The summed E-state index contributed by atoms with van der Waals surface area (Å²) in [5, 5.41) is 15.3. The molecule has 1 aliphatic rings.